The number of anilines is 1. The molecule has 4 rings (SSSR count). The summed E-state index contributed by atoms with van der Waals surface area (Å²) in [4.78, 5) is 51.1. The molecule has 3 amide bonds. The third-order valence-electron chi connectivity index (χ3n) is 5.27. The highest BCUT2D eigenvalue weighted by Crippen LogP contribution is 2.34. The summed E-state index contributed by atoms with van der Waals surface area (Å²) in [6, 6.07) is 21.0. The highest BCUT2D eigenvalue weighted by atomic mass is 79.9. The van der Waals surface area contributed by atoms with E-state index < -0.39 is 18.5 Å². The van der Waals surface area contributed by atoms with E-state index in [1.165, 1.54) is 17.0 Å². The van der Waals surface area contributed by atoms with E-state index in [2.05, 4.69) is 21.2 Å². The van der Waals surface area contributed by atoms with Crippen LogP contribution in [0, 0.1) is 6.92 Å². The highest BCUT2D eigenvalue weighted by Gasteiger charge is 2.35. The molecule has 1 N–H and O–H groups in total. The first-order chi connectivity index (χ1) is 17.3. The average Bonchev–Trinajstić information content (AvgIpc) is 3.13. The summed E-state index contributed by atoms with van der Waals surface area (Å²) in [6.45, 7) is 1.70. The Morgan fingerprint density at radius 2 is 1.69 bits per heavy atom. The zero-order valence-corrected chi connectivity index (χ0v) is 21.6. The maximum Gasteiger partial charge on any atom is 0.338 e. The van der Waals surface area contributed by atoms with Gasteiger partial charge in [-0.1, -0.05) is 64.0 Å². The minimum Gasteiger partial charge on any atom is -0.452 e. The molecule has 7 nitrogen and oxygen atoms in total. The standard InChI is InChI=1S/C27H21BrN2O5S/c1-17-6-12-21(13-7-17)29-24(31)16-35-26(33)19-10-8-18(9-11-19)14-23-25(32)30(27(34)36-23)15-20-4-2-3-5-22(20)28/h2-14H,15-16H2,1H3,(H,29,31)/b23-14-. The van der Waals surface area contributed by atoms with Crippen LogP contribution in [0.4, 0.5) is 10.5 Å². The summed E-state index contributed by atoms with van der Waals surface area (Å²) in [5.41, 5.74) is 3.43. The quantitative estimate of drug-likeness (QED) is 0.288. The molecule has 1 saturated heterocycles. The molecule has 1 heterocycles. The lowest BCUT2D eigenvalue weighted by Crippen LogP contribution is -2.27. The number of ether oxygens (including phenoxy) is 1. The lowest BCUT2D eigenvalue weighted by atomic mass is 10.1. The SMILES string of the molecule is Cc1ccc(NC(=O)COC(=O)c2ccc(/C=C3\SC(=O)N(Cc4ccccc4Br)C3=O)cc2)cc1. The van der Waals surface area contributed by atoms with Crippen LogP contribution in [0.25, 0.3) is 6.08 Å². The summed E-state index contributed by atoms with van der Waals surface area (Å²) in [5.74, 6) is -1.46. The largest absolute Gasteiger partial charge is 0.452 e. The van der Waals surface area contributed by atoms with Crippen LogP contribution in [0.1, 0.15) is 27.0 Å². The highest BCUT2D eigenvalue weighted by molar-refractivity contribution is 9.10. The van der Waals surface area contributed by atoms with E-state index in [-0.39, 0.29) is 23.3 Å². The molecule has 36 heavy (non-hydrogen) atoms. The Balaban J connectivity index is 1.34. The maximum absolute atomic E-state index is 12.8. The monoisotopic (exact) mass is 564 g/mol. The van der Waals surface area contributed by atoms with Gasteiger partial charge in [0.15, 0.2) is 6.61 Å². The van der Waals surface area contributed by atoms with Crippen LogP contribution < -0.4 is 5.32 Å². The molecule has 0 unspecified atom stereocenters. The van der Waals surface area contributed by atoms with Crippen molar-refractivity contribution >= 4 is 62.5 Å². The Kier molecular flexibility index (Phi) is 8.02. The molecular formula is C27H21BrN2O5S. The zero-order chi connectivity index (χ0) is 25.7. The van der Waals surface area contributed by atoms with Crippen LogP contribution in [-0.4, -0.2) is 34.5 Å². The van der Waals surface area contributed by atoms with Gasteiger partial charge in [-0.05, 0) is 66.2 Å². The number of esters is 1. The topological polar surface area (TPSA) is 92.8 Å². The molecule has 1 aliphatic heterocycles. The molecule has 1 aliphatic rings. The number of hydrogen-bond donors (Lipinski definition) is 1. The zero-order valence-electron chi connectivity index (χ0n) is 19.2. The van der Waals surface area contributed by atoms with Crippen molar-refractivity contribution in [3.05, 3.63) is 104 Å². The number of rotatable bonds is 7. The molecule has 0 aliphatic carbocycles. The number of carbonyl (C=O) groups is 4. The van der Waals surface area contributed by atoms with Crippen LogP contribution in [0.5, 0.6) is 0 Å². The number of aryl methyl sites for hydroxylation is 1. The van der Waals surface area contributed by atoms with E-state index in [1.807, 2.05) is 43.3 Å². The van der Waals surface area contributed by atoms with Crippen molar-refractivity contribution in [2.45, 2.75) is 13.5 Å². The average molecular weight is 565 g/mol. The van der Waals surface area contributed by atoms with Crippen LogP contribution >= 0.6 is 27.7 Å². The Labute approximate surface area is 220 Å². The van der Waals surface area contributed by atoms with Crippen molar-refractivity contribution in [2.75, 3.05) is 11.9 Å². The fraction of sp³-hybridized carbons (Fsp3) is 0.111. The van der Waals surface area contributed by atoms with Crippen LogP contribution in [0.2, 0.25) is 0 Å². The van der Waals surface area contributed by atoms with Gasteiger partial charge in [0.2, 0.25) is 0 Å². The third-order valence-corrected chi connectivity index (χ3v) is 6.95. The van der Waals surface area contributed by atoms with Gasteiger partial charge < -0.3 is 10.1 Å². The second kappa shape index (κ2) is 11.4. The van der Waals surface area contributed by atoms with Crippen molar-refractivity contribution < 1.29 is 23.9 Å². The second-order valence-electron chi connectivity index (χ2n) is 7.97. The van der Waals surface area contributed by atoms with Gasteiger partial charge in [-0.15, -0.1) is 0 Å². The minimum atomic E-state index is -0.644. The fourth-order valence-corrected chi connectivity index (χ4v) is 4.60. The van der Waals surface area contributed by atoms with Crippen LogP contribution in [0.3, 0.4) is 0 Å². The first-order valence-electron chi connectivity index (χ1n) is 10.9. The maximum atomic E-state index is 12.8. The van der Waals surface area contributed by atoms with Crippen molar-refractivity contribution in [1.82, 2.24) is 4.90 Å². The minimum absolute atomic E-state index is 0.172. The fourth-order valence-electron chi connectivity index (χ4n) is 3.35. The smallest absolute Gasteiger partial charge is 0.338 e. The van der Waals surface area contributed by atoms with Gasteiger partial charge in [-0.2, -0.15) is 0 Å². The molecule has 9 heteroatoms. The molecule has 0 spiro atoms. The summed E-state index contributed by atoms with van der Waals surface area (Å²) in [7, 11) is 0. The van der Waals surface area contributed by atoms with Gasteiger partial charge in [-0.25, -0.2) is 4.79 Å². The molecule has 3 aromatic carbocycles. The predicted molar refractivity (Wildman–Crippen MR) is 142 cm³/mol. The van der Waals surface area contributed by atoms with Gasteiger partial charge in [0.1, 0.15) is 0 Å². The van der Waals surface area contributed by atoms with Crippen LogP contribution in [0.15, 0.2) is 82.2 Å². The molecule has 0 aromatic heterocycles. The number of nitrogens with one attached hydrogen (secondary N) is 1. The first kappa shape index (κ1) is 25.4. The van der Waals surface area contributed by atoms with E-state index >= 15 is 0 Å². The van der Waals surface area contributed by atoms with Gasteiger partial charge in [0.05, 0.1) is 17.0 Å². The van der Waals surface area contributed by atoms with Crippen molar-refractivity contribution in [3.8, 4) is 0 Å². The molecular weight excluding hydrogens is 544 g/mol. The molecule has 182 valence electrons. The Bertz CT molecular complexity index is 1350. The van der Waals surface area contributed by atoms with Crippen LogP contribution in [-0.2, 0) is 20.9 Å². The van der Waals surface area contributed by atoms with Crippen molar-refractivity contribution in [1.29, 1.82) is 0 Å². The molecule has 1 fully saturated rings. The Morgan fingerprint density at radius 1 is 1.00 bits per heavy atom. The summed E-state index contributed by atoms with van der Waals surface area (Å²) < 4.78 is 5.91. The number of carbonyl (C=O) groups excluding carboxylic acids is 4. The number of halogens is 1. The van der Waals surface area contributed by atoms with E-state index in [9.17, 15) is 19.2 Å². The number of amides is 3. The Morgan fingerprint density at radius 3 is 2.39 bits per heavy atom. The van der Waals surface area contributed by atoms with E-state index in [1.54, 1.807) is 30.3 Å². The van der Waals surface area contributed by atoms with Gasteiger partial charge in [-0.3, -0.25) is 19.3 Å². The lowest BCUT2D eigenvalue weighted by molar-refractivity contribution is -0.123. The molecule has 0 bridgehead atoms. The summed E-state index contributed by atoms with van der Waals surface area (Å²) >= 11 is 4.31. The number of imide groups is 1. The summed E-state index contributed by atoms with van der Waals surface area (Å²) in [5, 5.41) is 2.32. The molecule has 0 radical (unpaired) electrons. The number of nitrogens with zero attached hydrogens (tertiary/aromatic N) is 1. The van der Waals surface area contributed by atoms with Gasteiger partial charge in [0, 0.05) is 10.2 Å². The second-order valence-corrected chi connectivity index (χ2v) is 9.82. The first-order valence-corrected chi connectivity index (χ1v) is 12.5. The van der Waals surface area contributed by atoms with Gasteiger partial charge in [0.25, 0.3) is 17.1 Å². The van der Waals surface area contributed by atoms with Crippen molar-refractivity contribution in [3.63, 3.8) is 0 Å². The van der Waals surface area contributed by atoms with Crippen molar-refractivity contribution in [2.24, 2.45) is 0 Å². The molecule has 0 atom stereocenters. The van der Waals surface area contributed by atoms with E-state index in [0.717, 1.165) is 27.4 Å². The number of thioether (sulfide) groups is 1. The van der Waals surface area contributed by atoms with Gasteiger partial charge >= 0.3 is 5.97 Å². The molecule has 3 aromatic rings. The predicted octanol–water partition coefficient (Wildman–Crippen LogP) is 5.79. The lowest BCUT2D eigenvalue weighted by Gasteiger charge is -2.13. The van der Waals surface area contributed by atoms with E-state index in [0.29, 0.717) is 16.2 Å². The molecule has 0 saturated carbocycles. The Hall–Kier alpha value is -3.69. The third kappa shape index (κ3) is 6.30. The van der Waals surface area contributed by atoms with E-state index in [4.69, 9.17) is 4.74 Å². The number of benzene rings is 3. The normalized spacial score (nSPS) is 14.3. The summed E-state index contributed by atoms with van der Waals surface area (Å²) in [6.07, 6.45) is 1.61. The number of hydrogen-bond acceptors (Lipinski definition) is 6.